The molecule has 0 atom stereocenters. The van der Waals surface area contributed by atoms with Crippen LogP contribution >= 0.6 is 0 Å². The van der Waals surface area contributed by atoms with Gasteiger partial charge in [-0.3, -0.25) is 4.68 Å². The van der Waals surface area contributed by atoms with Gasteiger partial charge in [0.15, 0.2) is 0 Å². The minimum atomic E-state index is 0.850. The van der Waals surface area contributed by atoms with Crippen molar-refractivity contribution in [3.8, 4) is 0 Å². The molecule has 1 heterocycles. The molecule has 1 aromatic rings. The van der Waals surface area contributed by atoms with Crippen molar-refractivity contribution in [1.82, 2.24) is 9.78 Å². The van der Waals surface area contributed by atoms with Crippen LogP contribution in [0, 0.1) is 5.92 Å². The molecule has 0 unspecified atom stereocenters. The highest BCUT2D eigenvalue weighted by molar-refractivity contribution is 5.66. The van der Waals surface area contributed by atoms with E-state index in [-0.39, 0.29) is 0 Å². The molecular weight excluding hydrogens is 188 g/mol. The summed E-state index contributed by atoms with van der Waals surface area (Å²) in [6, 6.07) is 0. The minimum absolute atomic E-state index is 0.850. The molecule has 4 nitrogen and oxygen atoms in total. The van der Waals surface area contributed by atoms with Crippen LogP contribution in [0.4, 0.5) is 11.5 Å². The van der Waals surface area contributed by atoms with Crippen molar-refractivity contribution < 1.29 is 0 Å². The van der Waals surface area contributed by atoms with Crippen molar-refractivity contribution >= 4 is 11.5 Å². The van der Waals surface area contributed by atoms with Gasteiger partial charge in [-0.05, 0) is 25.2 Å². The molecule has 0 spiro atoms. The van der Waals surface area contributed by atoms with E-state index in [0.717, 1.165) is 36.1 Å². The Bertz CT molecular complexity index is 352. The lowest BCUT2D eigenvalue weighted by atomic mass is 10.3. The number of nitrogens with two attached hydrogens (primary N) is 1. The molecule has 1 aliphatic carbocycles. The highest BCUT2D eigenvalue weighted by Crippen LogP contribution is 2.33. The normalized spacial score (nSPS) is 15.7. The molecule has 0 aromatic carbocycles. The third-order valence-corrected chi connectivity index (χ3v) is 3.05. The van der Waals surface area contributed by atoms with Gasteiger partial charge in [0, 0.05) is 20.6 Å². The number of anilines is 2. The van der Waals surface area contributed by atoms with E-state index in [1.807, 2.05) is 11.7 Å². The zero-order chi connectivity index (χ0) is 11.0. The number of nitrogen functional groups attached to an aromatic ring is 1. The van der Waals surface area contributed by atoms with E-state index in [1.165, 1.54) is 12.8 Å². The maximum atomic E-state index is 6.09. The van der Waals surface area contributed by atoms with Gasteiger partial charge in [-0.25, -0.2) is 0 Å². The molecule has 15 heavy (non-hydrogen) atoms. The number of hydrogen-bond acceptors (Lipinski definition) is 3. The first kappa shape index (κ1) is 10.3. The molecule has 2 rings (SSSR count). The smallest absolute Gasteiger partial charge is 0.150 e. The van der Waals surface area contributed by atoms with Gasteiger partial charge in [0.05, 0.1) is 11.4 Å². The topological polar surface area (TPSA) is 47.1 Å². The van der Waals surface area contributed by atoms with Crippen LogP contribution in [0.25, 0.3) is 0 Å². The number of nitrogens with zero attached hydrogens (tertiary/aromatic N) is 3. The molecule has 0 bridgehead atoms. The lowest BCUT2D eigenvalue weighted by Gasteiger charge is -2.19. The Labute approximate surface area is 91.1 Å². The van der Waals surface area contributed by atoms with Crippen LogP contribution in [0.2, 0.25) is 0 Å². The Kier molecular flexibility index (Phi) is 2.59. The molecule has 0 amide bonds. The van der Waals surface area contributed by atoms with Gasteiger partial charge in [-0.1, -0.05) is 6.92 Å². The van der Waals surface area contributed by atoms with Crippen molar-refractivity contribution in [3.05, 3.63) is 5.69 Å². The van der Waals surface area contributed by atoms with Crippen LogP contribution in [0.15, 0.2) is 0 Å². The van der Waals surface area contributed by atoms with E-state index < -0.39 is 0 Å². The van der Waals surface area contributed by atoms with Crippen molar-refractivity contribution in [2.24, 2.45) is 13.0 Å². The van der Waals surface area contributed by atoms with Gasteiger partial charge in [-0.2, -0.15) is 5.10 Å². The van der Waals surface area contributed by atoms with E-state index in [0.29, 0.717) is 0 Å². The maximum absolute atomic E-state index is 6.09. The summed E-state index contributed by atoms with van der Waals surface area (Å²) in [6.45, 7) is 3.19. The molecule has 2 N–H and O–H groups in total. The molecule has 1 aliphatic rings. The number of rotatable bonds is 4. The predicted molar refractivity (Wildman–Crippen MR) is 63.0 cm³/mol. The molecule has 0 radical (unpaired) electrons. The van der Waals surface area contributed by atoms with Gasteiger partial charge in [0.25, 0.3) is 0 Å². The van der Waals surface area contributed by atoms with Crippen molar-refractivity contribution in [2.75, 3.05) is 24.2 Å². The van der Waals surface area contributed by atoms with E-state index in [1.54, 1.807) is 0 Å². The van der Waals surface area contributed by atoms with Crippen molar-refractivity contribution in [1.29, 1.82) is 0 Å². The molecule has 0 aliphatic heterocycles. The Morgan fingerprint density at radius 2 is 2.20 bits per heavy atom. The highest BCUT2D eigenvalue weighted by atomic mass is 15.4. The van der Waals surface area contributed by atoms with Gasteiger partial charge in [0.1, 0.15) is 5.82 Å². The summed E-state index contributed by atoms with van der Waals surface area (Å²) in [6.07, 6.45) is 3.63. The minimum Gasteiger partial charge on any atom is -0.394 e. The largest absolute Gasteiger partial charge is 0.394 e. The summed E-state index contributed by atoms with van der Waals surface area (Å²) >= 11 is 0. The zero-order valence-corrected chi connectivity index (χ0v) is 9.82. The first-order chi connectivity index (χ1) is 7.13. The SMILES string of the molecule is CCc1nn(C)c(N(C)CC2CC2)c1N. The fraction of sp³-hybridized carbons (Fsp3) is 0.727. The molecule has 1 aromatic heterocycles. The molecular formula is C11H20N4. The van der Waals surface area contributed by atoms with Gasteiger partial charge < -0.3 is 10.6 Å². The van der Waals surface area contributed by atoms with E-state index in [2.05, 4.69) is 24.0 Å². The second kappa shape index (κ2) is 3.76. The van der Waals surface area contributed by atoms with Crippen molar-refractivity contribution in [3.63, 3.8) is 0 Å². The Morgan fingerprint density at radius 3 is 2.67 bits per heavy atom. The van der Waals surface area contributed by atoms with Gasteiger partial charge in [0.2, 0.25) is 0 Å². The Balaban J connectivity index is 2.20. The fourth-order valence-corrected chi connectivity index (χ4v) is 2.07. The molecule has 84 valence electrons. The first-order valence-corrected chi connectivity index (χ1v) is 5.66. The number of aryl methyl sites for hydroxylation is 2. The summed E-state index contributed by atoms with van der Waals surface area (Å²) in [7, 11) is 4.07. The zero-order valence-electron chi connectivity index (χ0n) is 9.82. The van der Waals surface area contributed by atoms with Crippen LogP contribution < -0.4 is 10.6 Å². The van der Waals surface area contributed by atoms with E-state index in [4.69, 9.17) is 5.73 Å². The summed E-state index contributed by atoms with van der Waals surface area (Å²) < 4.78 is 1.90. The van der Waals surface area contributed by atoms with Crippen LogP contribution in [-0.4, -0.2) is 23.4 Å². The van der Waals surface area contributed by atoms with Gasteiger partial charge >= 0.3 is 0 Å². The van der Waals surface area contributed by atoms with Crippen LogP contribution in [-0.2, 0) is 13.5 Å². The van der Waals surface area contributed by atoms with Crippen LogP contribution in [0.5, 0.6) is 0 Å². The second-order valence-corrected chi connectivity index (χ2v) is 4.49. The Hall–Kier alpha value is -1.19. The summed E-state index contributed by atoms with van der Waals surface area (Å²) in [5.74, 6) is 1.94. The van der Waals surface area contributed by atoms with Crippen LogP contribution in [0.1, 0.15) is 25.5 Å². The first-order valence-electron chi connectivity index (χ1n) is 5.66. The average Bonchev–Trinajstić information content (AvgIpc) is 2.92. The average molecular weight is 208 g/mol. The Morgan fingerprint density at radius 1 is 1.53 bits per heavy atom. The summed E-state index contributed by atoms with van der Waals surface area (Å²) in [4.78, 5) is 2.24. The quantitative estimate of drug-likeness (QED) is 0.814. The van der Waals surface area contributed by atoms with Crippen LogP contribution in [0.3, 0.4) is 0 Å². The highest BCUT2D eigenvalue weighted by Gasteiger charge is 2.25. The number of aromatic nitrogens is 2. The lowest BCUT2D eigenvalue weighted by Crippen LogP contribution is -2.23. The summed E-state index contributed by atoms with van der Waals surface area (Å²) in [5, 5.41) is 4.43. The lowest BCUT2D eigenvalue weighted by molar-refractivity contribution is 0.700. The van der Waals surface area contributed by atoms with E-state index in [9.17, 15) is 0 Å². The predicted octanol–water partition coefficient (Wildman–Crippen LogP) is 1.41. The third-order valence-electron chi connectivity index (χ3n) is 3.05. The molecule has 4 heteroatoms. The number of hydrogen-bond donors (Lipinski definition) is 1. The standard InChI is InChI=1S/C11H20N4/c1-4-9-10(12)11(15(3)13-9)14(2)7-8-5-6-8/h8H,4-7,12H2,1-3H3. The second-order valence-electron chi connectivity index (χ2n) is 4.49. The van der Waals surface area contributed by atoms with Gasteiger partial charge in [-0.15, -0.1) is 0 Å². The third kappa shape index (κ3) is 1.94. The summed E-state index contributed by atoms with van der Waals surface area (Å²) in [5.41, 5.74) is 7.95. The molecule has 1 fully saturated rings. The van der Waals surface area contributed by atoms with E-state index >= 15 is 0 Å². The molecule has 1 saturated carbocycles. The van der Waals surface area contributed by atoms with Crippen molar-refractivity contribution in [2.45, 2.75) is 26.2 Å². The molecule has 0 saturated heterocycles. The fourth-order valence-electron chi connectivity index (χ4n) is 2.07. The maximum Gasteiger partial charge on any atom is 0.150 e. The monoisotopic (exact) mass is 208 g/mol.